The molecule has 4 rings (SSSR count). The zero-order valence-electron chi connectivity index (χ0n) is 15.5. The molecule has 0 heterocycles. The molecule has 2 fully saturated rings. The molecule has 1 aromatic rings. The molecule has 3 aliphatic rings. The summed E-state index contributed by atoms with van der Waals surface area (Å²) < 4.78 is 0. The largest absolute Gasteiger partial charge is 0.508 e. The van der Waals surface area contributed by atoms with Crippen LogP contribution in [-0.4, -0.2) is 26.7 Å². The van der Waals surface area contributed by atoms with Gasteiger partial charge >= 0.3 is 0 Å². The van der Waals surface area contributed by atoms with Crippen molar-refractivity contribution in [1.29, 1.82) is 0 Å². The molecule has 0 saturated heterocycles. The van der Waals surface area contributed by atoms with Crippen LogP contribution in [0.2, 0.25) is 0 Å². The lowest BCUT2D eigenvalue weighted by Gasteiger charge is -2.67. The van der Waals surface area contributed by atoms with E-state index in [-0.39, 0.29) is 22.7 Å². The summed E-state index contributed by atoms with van der Waals surface area (Å²) in [5, 5.41) is 32.7. The zero-order chi connectivity index (χ0) is 18.4. The predicted molar refractivity (Wildman–Crippen MR) is 94.6 cm³/mol. The molecule has 25 heavy (non-hydrogen) atoms. The van der Waals surface area contributed by atoms with Gasteiger partial charge < -0.3 is 15.3 Å². The third kappa shape index (κ3) is 1.57. The lowest BCUT2D eigenvalue weighted by atomic mass is 9.36. The first-order valence-corrected chi connectivity index (χ1v) is 9.33. The number of benzene rings is 1. The number of Topliss-reactive ketones (excluding diaryl/α,β-unsaturated/α-hetero) is 1. The second-order valence-electron chi connectivity index (χ2n) is 9.22. The number of ketones is 1. The average molecular weight is 344 g/mol. The fourth-order valence-corrected chi connectivity index (χ4v) is 6.82. The number of carbonyl (C=O) groups is 1. The Kier molecular flexibility index (Phi) is 3.10. The maximum Gasteiger partial charge on any atom is 0.164 e. The fraction of sp³-hybridized carbons (Fsp3) is 0.667. The van der Waals surface area contributed by atoms with E-state index in [0.29, 0.717) is 25.2 Å². The number of hydrogen-bond donors (Lipinski definition) is 3. The molecule has 3 N–H and O–H groups in total. The number of rotatable bonds is 0. The Morgan fingerprint density at radius 1 is 1.08 bits per heavy atom. The van der Waals surface area contributed by atoms with Crippen molar-refractivity contribution >= 4 is 5.78 Å². The average Bonchev–Trinajstić information content (AvgIpc) is 2.84. The van der Waals surface area contributed by atoms with Crippen LogP contribution in [0.4, 0.5) is 0 Å². The first kappa shape index (κ1) is 16.9. The monoisotopic (exact) mass is 344 g/mol. The Morgan fingerprint density at radius 2 is 1.72 bits per heavy atom. The number of phenols is 2. The van der Waals surface area contributed by atoms with Gasteiger partial charge in [0, 0.05) is 28.4 Å². The summed E-state index contributed by atoms with van der Waals surface area (Å²) in [5.41, 5.74) is -1.28. The standard InChI is InChI=1S/C21H28O4/c1-12-7-9-19(3)20(4,25)16(24)8-10-21(19)17-13(11-18(12,21)2)14(22)5-6-15(17)23/h5-6,12,22-23,25H,7-11H2,1-4H3. The van der Waals surface area contributed by atoms with E-state index in [4.69, 9.17) is 0 Å². The minimum Gasteiger partial charge on any atom is -0.508 e. The first-order chi connectivity index (χ1) is 11.5. The van der Waals surface area contributed by atoms with Crippen molar-refractivity contribution < 1.29 is 20.1 Å². The smallest absolute Gasteiger partial charge is 0.164 e. The molecule has 0 aromatic heterocycles. The van der Waals surface area contributed by atoms with E-state index in [1.165, 1.54) is 0 Å². The number of aliphatic hydroxyl groups is 1. The molecule has 3 aliphatic carbocycles. The van der Waals surface area contributed by atoms with Crippen LogP contribution in [-0.2, 0) is 16.6 Å². The van der Waals surface area contributed by atoms with Crippen LogP contribution in [0.15, 0.2) is 12.1 Å². The molecule has 0 bridgehead atoms. The highest BCUT2D eigenvalue weighted by molar-refractivity contribution is 5.90. The molecule has 5 atom stereocenters. The van der Waals surface area contributed by atoms with Gasteiger partial charge in [-0.2, -0.15) is 0 Å². The summed E-state index contributed by atoms with van der Waals surface area (Å²) in [6, 6.07) is 3.11. The molecule has 1 aromatic carbocycles. The first-order valence-electron chi connectivity index (χ1n) is 9.33. The van der Waals surface area contributed by atoms with Gasteiger partial charge in [-0.15, -0.1) is 0 Å². The number of carbonyl (C=O) groups excluding carboxylic acids is 1. The Balaban J connectivity index is 2.11. The number of aromatic hydroxyl groups is 2. The Hall–Kier alpha value is -1.55. The second kappa shape index (κ2) is 4.59. The third-order valence-corrected chi connectivity index (χ3v) is 8.66. The molecule has 2 saturated carbocycles. The van der Waals surface area contributed by atoms with E-state index in [9.17, 15) is 20.1 Å². The summed E-state index contributed by atoms with van der Waals surface area (Å²) in [6.45, 7) is 8.13. The molecule has 4 heteroatoms. The molecular formula is C21H28O4. The topological polar surface area (TPSA) is 77.8 Å². The molecule has 136 valence electrons. The normalized spacial score (nSPS) is 45.6. The summed E-state index contributed by atoms with van der Waals surface area (Å²) in [6.07, 6.45) is 3.25. The summed E-state index contributed by atoms with van der Waals surface area (Å²) in [7, 11) is 0. The summed E-state index contributed by atoms with van der Waals surface area (Å²) in [4.78, 5) is 12.6. The van der Waals surface area contributed by atoms with E-state index in [1.807, 2.05) is 6.92 Å². The van der Waals surface area contributed by atoms with Gasteiger partial charge in [0.2, 0.25) is 0 Å². The van der Waals surface area contributed by atoms with Gasteiger partial charge in [0.25, 0.3) is 0 Å². The van der Waals surface area contributed by atoms with Crippen molar-refractivity contribution in [2.75, 3.05) is 0 Å². The van der Waals surface area contributed by atoms with Gasteiger partial charge in [-0.05, 0) is 56.1 Å². The van der Waals surface area contributed by atoms with Crippen molar-refractivity contribution in [2.45, 2.75) is 70.8 Å². The van der Waals surface area contributed by atoms with Crippen LogP contribution in [0.5, 0.6) is 11.5 Å². The Bertz CT molecular complexity index is 782. The summed E-state index contributed by atoms with van der Waals surface area (Å²) in [5.74, 6) is 0.660. The second-order valence-corrected chi connectivity index (χ2v) is 9.22. The zero-order valence-corrected chi connectivity index (χ0v) is 15.5. The summed E-state index contributed by atoms with van der Waals surface area (Å²) >= 11 is 0. The molecule has 0 amide bonds. The highest BCUT2D eigenvalue weighted by atomic mass is 16.3. The maximum absolute atomic E-state index is 12.6. The third-order valence-electron chi connectivity index (χ3n) is 8.66. The van der Waals surface area contributed by atoms with Crippen molar-refractivity contribution in [2.24, 2.45) is 16.7 Å². The highest BCUT2D eigenvalue weighted by Gasteiger charge is 2.74. The maximum atomic E-state index is 12.6. The molecule has 4 nitrogen and oxygen atoms in total. The number of fused-ring (bicyclic) bond motifs is 1. The SMILES string of the molecule is CC1CCC2(C)C(C)(O)C(=O)CCC23c2c(O)ccc(O)c2CC13C. The van der Waals surface area contributed by atoms with Crippen molar-refractivity contribution in [3.05, 3.63) is 23.3 Å². The van der Waals surface area contributed by atoms with Gasteiger partial charge in [-0.1, -0.05) is 20.8 Å². The molecule has 5 unspecified atom stereocenters. The molecule has 0 radical (unpaired) electrons. The predicted octanol–water partition coefficient (Wildman–Crippen LogP) is 3.45. The van der Waals surface area contributed by atoms with Crippen molar-refractivity contribution in [3.63, 3.8) is 0 Å². The van der Waals surface area contributed by atoms with Gasteiger partial charge in [0.15, 0.2) is 5.78 Å². The highest BCUT2D eigenvalue weighted by Crippen LogP contribution is 2.75. The van der Waals surface area contributed by atoms with E-state index in [1.54, 1.807) is 19.1 Å². The van der Waals surface area contributed by atoms with Gasteiger partial charge in [0.05, 0.1) is 0 Å². The van der Waals surface area contributed by atoms with E-state index in [0.717, 1.165) is 24.0 Å². The molecule has 0 aliphatic heterocycles. The lowest BCUT2D eigenvalue weighted by molar-refractivity contribution is -0.203. The van der Waals surface area contributed by atoms with Gasteiger partial charge in [-0.3, -0.25) is 4.79 Å². The van der Waals surface area contributed by atoms with Crippen LogP contribution in [0.25, 0.3) is 0 Å². The van der Waals surface area contributed by atoms with Crippen molar-refractivity contribution in [3.8, 4) is 11.5 Å². The van der Waals surface area contributed by atoms with Gasteiger partial charge in [0.1, 0.15) is 17.1 Å². The van der Waals surface area contributed by atoms with Crippen LogP contribution >= 0.6 is 0 Å². The van der Waals surface area contributed by atoms with E-state index >= 15 is 0 Å². The fourth-order valence-electron chi connectivity index (χ4n) is 6.82. The minimum atomic E-state index is -1.44. The Morgan fingerprint density at radius 3 is 2.40 bits per heavy atom. The number of hydrogen-bond acceptors (Lipinski definition) is 4. The molecule has 1 spiro atoms. The van der Waals surface area contributed by atoms with Crippen LogP contribution in [0, 0.1) is 16.7 Å². The lowest BCUT2D eigenvalue weighted by Crippen LogP contribution is -2.70. The van der Waals surface area contributed by atoms with Crippen LogP contribution in [0.3, 0.4) is 0 Å². The quantitative estimate of drug-likeness (QED) is 0.630. The minimum absolute atomic E-state index is 0.106. The van der Waals surface area contributed by atoms with Crippen molar-refractivity contribution in [1.82, 2.24) is 0 Å². The van der Waals surface area contributed by atoms with Crippen LogP contribution in [0.1, 0.15) is 64.5 Å². The number of phenolic OH excluding ortho intramolecular Hbond substituents is 2. The van der Waals surface area contributed by atoms with E-state index < -0.39 is 16.4 Å². The van der Waals surface area contributed by atoms with E-state index in [2.05, 4.69) is 13.8 Å². The Labute approximate surface area is 148 Å². The van der Waals surface area contributed by atoms with Gasteiger partial charge in [-0.25, -0.2) is 0 Å². The molecular weight excluding hydrogens is 316 g/mol. The van der Waals surface area contributed by atoms with Crippen LogP contribution < -0.4 is 0 Å².